The summed E-state index contributed by atoms with van der Waals surface area (Å²) in [6, 6.07) is 9.13. The van der Waals surface area contributed by atoms with Crippen LogP contribution in [0.4, 0.5) is 0 Å². The van der Waals surface area contributed by atoms with Gasteiger partial charge >= 0.3 is 0 Å². The lowest BCUT2D eigenvalue weighted by Crippen LogP contribution is -2.37. The summed E-state index contributed by atoms with van der Waals surface area (Å²) in [6.07, 6.45) is 6.99. The number of fused-ring (bicyclic) bond motifs is 1. The predicted molar refractivity (Wildman–Crippen MR) is 95.7 cm³/mol. The molecule has 1 aromatic carbocycles. The molecular formula is C19H18ClN3O2. The van der Waals surface area contributed by atoms with E-state index in [1.54, 1.807) is 24.5 Å². The van der Waals surface area contributed by atoms with Crippen LogP contribution >= 0.6 is 11.6 Å². The smallest absolute Gasteiger partial charge is 0.251 e. The van der Waals surface area contributed by atoms with Gasteiger partial charge in [0, 0.05) is 34.9 Å². The van der Waals surface area contributed by atoms with Crippen molar-refractivity contribution in [3.05, 3.63) is 59.2 Å². The highest BCUT2D eigenvalue weighted by Crippen LogP contribution is 2.34. The van der Waals surface area contributed by atoms with Crippen molar-refractivity contribution in [2.24, 2.45) is 0 Å². The van der Waals surface area contributed by atoms with Gasteiger partial charge in [-0.1, -0.05) is 11.6 Å². The van der Waals surface area contributed by atoms with E-state index in [-0.39, 0.29) is 11.9 Å². The van der Waals surface area contributed by atoms with Crippen molar-refractivity contribution in [2.45, 2.75) is 37.6 Å². The van der Waals surface area contributed by atoms with Crippen molar-refractivity contribution in [1.82, 2.24) is 15.3 Å². The highest BCUT2D eigenvalue weighted by atomic mass is 35.5. The van der Waals surface area contributed by atoms with Crippen molar-refractivity contribution in [2.75, 3.05) is 0 Å². The Morgan fingerprint density at radius 2 is 1.88 bits per heavy atom. The number of amides is 1. The molecule has 0 radical (unpaired) electrons. The van der Waals surface area contributed by atoms with Crippen LogP contribution in [0.1, 0.15) is 47.8 Å². The summed E-state index contributed by atoms with van der Waals surface area (Å²) < 4.78 is 5.88. The maximum Gasteiger partial charge on any atom is 0.251 e. The van der Waals surface area contributed by atoms with Crippen LogP contribution in [0.25, 0.3) is 11.1 Å². The van der Waals surface area contributed by atoms with Gasteiger partial charge in [-0.3, -0.25) is 9.78 Å². The van der Waals surface area contributed by atoms with E-state index in [0.717, 1.165) is 42.7 Å². The van der Waals surface area contributed by atoms with Gasteiger partial charge in [0.05, 0.1) is 0 Å². The van der Waals surface area contributed by atoms with Gasteiger partial charge in [0.25, 0.3) is 5.91 Å². The molecule has 1 aliphatic carbocycles. The van der Waals surface area contributed by atoms with Crippen molar-refractivity contribution in [1.29, 1.82) is 0 Å². The topological polar surface area (TPSA) is 68.0 Å². The number of pyridine rings is 1. The third-order valence-corrected chi connectivity index (χ3v) is 4.96. The molecule has 2 aromatic heterocycles. The minimum Gasteiger partial charge on any atom is -0.440 e. The van der Waals surface area contributed by atoms with E-state index in [4.69, 9.17) is 16.0 Å². The Kier molecular flexibility index (Phi) is 4.40. The number of nitrogens with zero attached hydrogens (tertiary/aromatic N) is 2. The van der Waals surface area contributed by atoms with Gasteiger partial charge in [-0.05, 0) is 56.0 Å². The molecule has 1 N–H and O–H groups in total. The van der Waals surface area contributed by atoms with Gasteiger partial charge in [0.15, 0.2) is 11.5 Å². The summed E-state index contributed by atoms with van der Waals surface area (Å²) >= 11 is 6.01. The third kappa shape index (κ3) is 3.51. The molecule has 1 amide bonds. The van der Waals surface area contributed by atoms with Gasteiger partial charge in [-0.2, -0.15) is 0 Å². The fourth-order valence-corrected chi connectivity index (χ4v) is 3.52. The number of oxazole rings is 1. The molecule has 0 spiro atoms. The van der Waals surface area contributed by atoms with Crippen LogP contribution in [0.3, 0.4) is 0 Å². The summed E-state index contributed by atoms with van der Waals surface area (Å²) in [4.78, 5) is 20.8. The van der Waals surface area contributed by atoms with Crippen LogP contribution in [0.5, 0.6) is 0 Å². The monoisotopic (exact) mass is 355 g/mol. The Morgan fingerprint density at radius 3 is 2.64 bits per heavy atom. The normalized spacial score (nSPS) is 20.5. The van der Waals surface area contributed by atoms with Crippen LogP contribution in [0.2, 0.25) is 5.02 Å². The number of hydrogen-bond acceptors (Lipinski definition) is 4. The second-order valence-electron chi connectivity index (χ2n) is 6.42. The van der Waals surface area contributed by atoms with Crippen LogP contribution in [0, 0.1) is 0 Å². The molecule has 0 atom stereocenters. The first-order chi connectivity index (χ1) is 12.2. The van der Waals surface area contributed by atoms with E-state index >= 15 is 0 Å². The lowest BCUT2D eigenvalue weighted by atomic mass is 9.86. The van der Waals surface area contributed by atoms with E-state index in [9.17, 15) is 4.79 Å². The standard InChI is InChI=1S/C19H18ClN3O2/c20-14-3-6-17-16(11-14)23-19(25-17)13-1-4-15(5-2-13)22-18(24)12-7-9-21-10-8-12/h3,6-11,13,15H,1-2,4-5H2,(H,22,24). The third-order valence-electron chi connectivity index (χ3n) is 4.72. The molecule has 2 heterocycles. The molecule has 0 bridgehead atoms. The van der Waals surface area contributed by atoms with Crippen molar-refractivity contribution < 1.29 is 9.21 Å². The number of benzene rings is 1. The molecule has 1 fully saturated rings. The number of hydrogen-bond donors (Lipinski definition) is 1. The number of aromatic nitrogens is 2. The molecule has 25 heavy (non-hydrogen) atoms. The Bertz CT molecular complexity index is 886. The largest absolute Gasteiger partial charge is 0.440 e. The average molecular weight is 356 g/mol. The van der Waals surface area contributed by atoms with E-state index in [0.29, 0.717) is 16.5 Å². The van der Waals surface area contributed by atoms with Crippen LogP contribution < -0.4 is 5.32 Å². The van der Waals surface area contributed by atoms with Crippen LogP contribution in [0.15, 0.2) is 47.1 Å². The molecule has 0 unspecified atom stereocenters. The Morgan fingerprint density at radius 1 is 1.12 bits per heavy atom. The molecule has 0 aliphatic heterocycles. The Hall–Kier alpha value is -2.40. The first-order valence-electron chi connectivity index (χ1n) is 8.46. The number of halogens is 1. The first-order valence-corrected chi connectivity index (χ1v) is 8.84. The summed E-state index contributed by atoms with van der Waals surface area (Å²) in [5, 5.41) is 3.77. The fraction of sp³-hybridized carbons (Fsp3) is 0.316. The lowest BCUT2D eigenvalue weighted by Gasteiger charge is -2.27. The molecule has 1 saturated carbocycles. The molecular weight excluding hydrogens is 338 g/mol. The van der Waals surface area contributed by atoms with E-state index in [2.05, 4.69) is 15.3 Å². The van der Waals surface area contributed by atoms with Gasteiger partial charge in [-0.25, -0.2) is 4.98 Å². The molecule has 1 aliphatic rings. The van der Waals surface area contributed by atoms with Gasteiger partial charge < -0.3 is 9.73 Å². The summed E-state index contributed by atoms with van der Waals surface area (Å²) in [7, 11) is 0. The second kappa shape index (κ2) is 6.84. The zero-order valence-corrected chi connectivity index (χ0v) is 14.4. The van der Waals surface area contributed by atoms with Crippen LogP contribution in [-0.4, -0.2) is 21.9 Å². The highest BCUT2D eigenvalue weighted by Gasteiger charge is 2.27. The van der Waals surface area contributed by atoms with E-state index in [1.165, 1.54) is 0 Å². The maximum absolute atomic E-state index is 12.2. The minimum atomic E-state index is -0.0395. The minimum absolute atomic E-state index is 0.0395. The number of nitrogens with one attached hydrogen (secondary N) is 1. The Labute approximate surface area is 150 Å². The predicted octanol–water partition coefficient (Wildman–Crippen LogP) is 4.33. The molecule has 5 nitrogen and oxygen atoms in total. The molecule has 0 saturated heterocycles. The quantitative estimate of drug-likeness (QED) is 0.759. The zero-order valence-electron chi connectivity index (χ0n) is 13.6. The fourth-order valence-electron chi connectivity index (χ4n) is 3.35. The van der Waals surface area contributed by atoms with Gasteiger partial charge in [-0.15, -0.1) is 0 Å². The Balaban J connectivity index is 1.38. The van der Waals surface area contributed by atoms with E-state index in [1.807, 2.05) is 18.2 Å². The van der Waals surface area contributed by atoms with Gasteiger partial charge in [0.2, 0.25) is 0 Å². The number of carbonyl (C=O) groups excluding carboxylic acids is 1. The van der Waals surface area contributed by atoms with Crippen LogP contribution in [-0.2, 0) is 0 Å². The molecule has 128 valence electrons. The summed E-state index contributed by atoms with van der Waals surface area (Å²) in [5.74, 6) is 1.03. The SMILES string of the molecule is O=C(NC1CCC(c2nc3cc(Cl)ccc3o2)CC1)c1ccncc1. The maximum atomic E-state index is 12.2. The van der Waals surface area contributed by atoms with Crippen molar-refractivity contribution in [3.63, 3.8) is 0 Å². The molecule has 6 heteroatoms. The first kappa shape index (κ1) is 16.1. The number of rotatable bonds is 3. The zero-order chi connectivity index (χ0) is 17.2. The highest BCUT2D eigenvalue weighted by molar-refractivity contribution is 6.31. The van der Waals surface area contributed by atoms with E-state index < -0.39 is 0 Å². The summed E-state index contributed by atoms with van der Waals surface area (Å²) in [6.45, 7) is 0. The van der Waals surface area contributed by atoms with Gasteiger partial charge in [0.1, 0.15) is 5.52 Å². The van der Waals surface area contributed by atoms with Crippen molar-refractivity contribution >= 4 is 28.6 Å². The lowest BCUT2D eigenvalue weighted by molar-refractivity contribution is 0.0925. The van der Waals surface area contributed by atoms with Crippen molar-refractivity contribution in [3.8, 4) is 0 Å². The number of carbonyl (C=O) groups is 1. The second-order valence-corrected chi connectivity index (χ2v) is 6.86. The molecule has 3 aromatic rings. The summed E-state index contributed by atoms with van der Waals surface area (Å²) in [5.41, 5.74) is 2.22. The average Bonchev–Trinajstić information content (AvgIpc) is 3.06. The molecule has 4 rings (SSSR count).